The molecule has 0 aliphatic rings. The van der Waals surface area contributed by atoms with Gasteiger partial charge in [0.25, 0.3) is 0 Å². The molecule has 0 radical (unpaired) electrons. The monoisotopic (exact) mass is 372 g/mol. The third-order valence-corrected chi connectivity index (χ3v) is 4.37. The van der Waals surface area contributed by atoms with Crippen LogP contribution in [-0.4, -0.2) is 13.1 Å². The van der Waals surface area contributed by atoms with Gasteiger partial charge < -0.3 is 13.9 Å². The van der Waals surface area contributed by atoms with E-state index in [-0.39, 0.29) is 11.2 Å². The molecule has 1 heterocycles. The van der Waals surface area contributed by atoms with Gasteiger partial charge >= 0.3 is 5.97 Å². The fraction of sp³-hybridized carbons (Fsp3) is 0.0435. The Labute approximate surface area is 160 Å². The van der Waals surface area contributed by atoms with Crippen molar-refractivity contribution in [2.45, 2.75) is 0 Å². The number of carbonyl (C=O) groups excluding carboxylic acids is 1. The summed E-state index contributed by atoms with van der Waals surface area (Å²) in [7, 11) is 1.52. The normalized spacial score (nSPS) is 10.6. The molecule has 0 saturated carbocycles. The molecule has 28 heavy (non-hydrogen) atoms. The zero-order chi connectivity index (χ0) is 19.5. The SMILES string of the molecule is COc1ccc(-c2coc3ccccc3c2=O)c(OC(=O)c2ccccc2)c1. The summed E-state index contributed by atoms with van der Waals surface area (Å²) >= 11 is 0. The summed E-state index contributed by atoms with van der Waals surface area (Å²) < 4.78 is 16.4. The van der Waals surface area contributed by atoms with Crippen LogP contribution in [0.25, 0.3) is 22.1 Å². The average Bonchev–Trinajstić information content (AvgIpc) is 2.75. The molecule has 5 nitrogen and oxygen atoms in total. The number of carbonyl (C=O) groups is 1. The number of methoxy groups -OCH3 is 1. The lowest BCUT2D eigenvalue weighted by Crippen LogP contribution is -2.11. The van der Waals surface area contributed by atoms with E-state index in [2.05, 4.69) is 0 Å². The van der Waals surface area contributed by atoms with Crippen LogP contribution in [0.4, 0.5) is 0 Å². The Morgan fingerprint density at radius 1 is 0.893 bits per heavy atom. The standard InChI is InChI=1S/C23H16O5/c1-26-16-11-12-17(19-14-27-20-10-6-5-9-18(20)22(19)24)21(13-16)28-23(25)15-7-3-2-4-8-15/h2-14H,1H3. The fourth-order valence-electron chi connectivity index (χ4n) is 2.93. The van der Waals surface area contributed by atoms with Crippen LogP contribution in [0.1, 0.15) is 10.4 Å². The largest absolute Gasteiger partial charge is 0.497 e. The van der Waals surface area contributed by atoms with Crippen LogP contribution in [-0.2, 0) is 0 Å². The van der Waals surface area contributed by atoms with Gasteiger partial charge in [0.1, 0.15) is 23.3 Å². The number of ether oxygens (including phenoxy) is 2. The molecule has 5 heteroatoms. The Morgan fingerprint density at radius 2 is 1.64 bits per heavy atom. The Morgan fingerprint density at radius 3 is 2.43 bits per heavy atom. The molecule has 1 aromatic heterocycles. The zero-order valence-corrected chi connectivity index (χ0v) is 15.0. The van der Waals surface area contributed by atoms with Crippen LogP contribution >= 0.6 is 0 Å². The molecule has 0 bridgehead atoms. The highest BCUT2D eigenvalue weighted by Crippen LogP contribution is 2.33. The molecule has 0 N–H and O–H groups in total. The topological polar surface area (TPSA) is 65.7 Å². The van der Waals surface area contributed by atoms with E-state index < -0.39 is 5.97 Å². The van der Waals surface area contributed by atoms with Crippen molar-refractivity contribution >= 4 is 16.9 Å². The van der Waals surface area contributed by atoms with Crippen molar-refractivity contribution in [2.75, 3.05) is 7.11 Å². The summed E-state index contributed by atoms with van der Waals surface area (Å²) in [6, 6.07) is 20.6. The van der Waals surface area contributed by atoms with E-state index in [1.54, 1.807) is 66.7 Å². The Balaban J connectivity index is 1.83. The van der Waals surface area contributed by atoms with Crippen molar-refractivity contribution in [3.63, 3.8) is 0 Å². The quantitative estimate of drug-likeness (QED) is 0.384. The molecule has 0 aliphatic heterocycles. The molecular weight excluding hydrogens is 356 g/mol. The number of esters is 1. The van der Waals surface area contributed by atoms with Crippen LogP contribution in [0.15, 0.2) is 88.3 Å². The molecule has 3 aromatic carbocycles. The lowest BCUT2D eigenvalue weighted by Gasteiger charge is -2.12. The van der Waals surface area contributed by atoms with Crippen molar-refractivity contribution in [3.8, 4) is 22.6 Å². The number of hydrogen-bond acceptors (Lipinski definition) is 5. The summed E-state index contributed by atoms with van der Waals surface area (Å²) in [6.07, 6.45) is 1.38. The molecule has 0 saturated heterocycles. The van der Waals surface area contributed by atoms with Gasteiger partial charge in [-0.1, -0.05) is 30.3 Å². The molecule has 0 spiro atoms. The van der Waals surface area contributed by atoms with Crippen molar-refractivity contribution in [1.82, 2.24) is 0 Å². The minimum atomic E-state index is -0.528. The number of fused-ring (bicyclic) bond motifs is 1. The smallest absolute Gasteiger partial charge is 0.343 e. The lowest BCUT2D eigenvalue weighted by atomic mass is 10.0. The maximum Gasteiger partial charge on any atom is 0.343 e. The van der Waals surface area contributed by atoms with Gasteiger partial charge in [-0.15, -0.1) is 0 Å². The van der Waals surface area contributed by atoms with Crippen molar-refractivity contribution < 1.29 is 18.7 Å². The Bertz CT molecular complexity index is 1210. The van der Waals surface area contributed by atoms with E-state index in [4.69, 9.17) is 13.9 Å². The summed E-state index contributed by atoms with van der Waals surface area (Å²) in [6.45, 7) is 0. The van der Waals surface area contributed by atoms with E-state index >= 15 is 0 Å². The number of benzene rings is 3. The second-order valence-electron chi connectivity index (χ2n) is 6.09. The van der Waals surface area contributed by atoms with E-state index in [9.17, 15) is 9.59 Å². The van der Waals surface area contributed by atoms with E-state index in [0.29, 0.717) is 33.4 Å². The third kappa shape index (κ3) is 3.25. The summed E-state index contributed by atoms with van der Waals surface area (Å²) in [5, 5.41) is 0.455. The second-order valence-corrected chi connectivity index (χ2v) is 6.09. The van der Waals surface area contributed by atoms with Gasteiger partial charge in [-0.2, -0.15) is 0 Å². The summed E-state index contributed by atoms with van der Waals surface area (Å²) in [4.78, 5) is 25.5. The van der Waals surface area contributed by atoms with E-state index in [1.165, 1.54) is 13.4 Å². The first-order valence-corrected chi connectivity index (χ1v) is 8.63. The number of rotatable bonds is 4. The minimum Gasteiger partial charge on any atom is -0.497 e. The average molecular weight is 372 g/mol. The predicted octanol–water partition coefficient (Wildman–Crippen LogP) is 4.69. The van der Waals surface area contributed by atoms with Gasteiger partial charge in [0, 0.05) is 11.6 Å². The van der Waals surface area contributed by atoms with Crippen LogP contribution in [0.3, 0.4) is 0 Å². The molecule has 4 aromatic rings. The van der Waals surface area contributed by atoms with E-state index in [1.807, 2.05) is 6.07 Å². The van der Waals surface area contributed by atoms with Crippen LogP contribution < -0.4 is 14.9 Å². The maximum atomic E-state index is 13.0. The Kier molecular flexibility index (Phi) is 4.64. The van der Waals surface area contributed by atoms with Crippen molar-refractivity contribution in [3.05, 3.63) is 94.8 Å². The molecule has 138 valence electrons. The summed E-state index contributed by atoms with van der Waals surface area (Å²) in [5.41, 5.74) is 1.44. The third-order valence-electron chi connectivity index (χ3n) is 4.37. The molecular formula is C23H16O5. The zero-order valence-electron chi connectivity index (χ0n) is 15.0. The second kappa shape index (κ2) is 7.40. The van der Waals surface area contributed by atoms with Crippen LogP contribution in [0.5, 0.6) is 11.5 Å². The van der Waals surface area contributed by atoms with Crippen molar-refractivity contribution in [2.24, 2.45) is 0 Å². The van der Waals surface area contributed by atoms with Gasteiger partial charge in [-0.3, -0.25) is 4.79 Å². The maximum absolute atomic E-state index is 13.0. The highest BCUT2D eigenvalue weighted by atomic mass is 16.5. The number of para-hydroxylation sites is 1. The molecule has 0 aliphatic carbocycles. The van der Waals surface area contributed by atoms with Crippen LogP contribution in [0.2, 0.25) is 0 Å². The fourth-order valence-corrected chi connectivity index (χ4v) is 2.93. The molecule has 0 amide bonds. The predicted molar refractivity (Wildman–Crippen MR) is 106 cm³/mol. The van der Waals surface area contributed by atoms with Crippen molar-refractivity contribution in [1.29, 1.82) is 0 Å². The first-order valence-electron chi connectivity index (χ1n) is 8.63. The molecule has 4 rings (SSSR count). The number of hydrogen-bond donors (Lipinski definition) is 0. The molecule has 0 atom stereocenters. The summed E-state index contributed by atoms with van der Waals surface area (Å²) in [5.74, 6) is 0.195. The lowest BCUT2D eigenvalue weighted by molar-refractivity contribution is 0.0735. The first kappa shape index (κ1) is 17.5. The molecule has 0 fully saturated rings. The van der Waals surface area contributed by atoms with E-state index in [0.717, 1.165) is 0 Å². The first-order chi connectivity index (χ1) is 13.7. The van der Waals surface area contributed by atoms with Gasteiger partial charge in [-0.05, 0) is 36.4 Å². The Hall–Kier alpha value is -3.86. The molecule has 0 unspecified atom stereocenters. The highest BCUT2D eigenvalue weighted by molar-refractivity contribution is 5.92. The highest BCUT2D eigenvalue weighted by Gasteiger charge is 2.17. The van der Waals surface area contributed by atoms with Gasteiger partial charge in [0.05, 0.1) is 23.6 Å². The minimum absolute atomic E-state index is 0.205. The van der Waals surface area contributed by atoms with Crippen LogP contribution in [0, 0.1) is 0 Å². The van der Waals surface area contributed by atoms with Gasteiger partial charge in [-0.25, -0.2) is 4.79 Å². The van der Waals surface area contributed by atoms with Gasteiger partial charge in [0.15, 0.2) is 0 Å². The van der Waals surface area contributed by atoms with Gasteiger partial charge in [0.2, 0.25) is 5.43 Å².